The summed E-state index contributed by atoms with van der Waals surface area (Å²) in [6.07, 6.45) is 0.737. The normalized spacial score (nSPS) is 14.5. The summed E-state index contributed by atoms with van der Waals surface area (Å²) in [5.74, 6) is 0. The molecule has 13 heavy (non-hydrogen) atoms. The highest BCUT2D eigenvalue weighted by molar-refractivity contribution is 5.21. The van der Waals surface area contributed by atoms with Gasteiger partial charge in [0.2, 0.25) is 0 Å². The highest BCUT2D eigenvalue weighted by atomic mass is 14.9. The molecule has 0 amide bonds. The van der Waals surface area contributed by atoms with Crippen molar-refractivity contribution in [3.05, 3.63) is 35.9 Å². The molecule has 1 N–H and O–H groups in total. The van der Waals surface area contributed by atoms with Crippen LogP contribution in [0.4, 0.5) is 0 Å². The van der Waals surface area contributed by atoms with Crippen LogP contribution in [-0.2, 0) is 6.42 Å². The first kappa shape index (κ1) is 9.76. The van der Waals surface area contributed by atoms with Crippen LogP contribution < -0.4 is 5.32 Å². The average molecular weight is 174 g/mol. The standard InChI is InChI=1S/C11H14N2/c1-11(9-12,13-2)8-10-6-4-3-5-7-10/h3-7,13H,8H2,1-2H3. The molecule has 1 rings (SSSR count). The Kier molecular flexibility index (Phi) is 3.05. The number of nitriles is 1. The number of hydrogen-bond donors (Lipinski definition) is 1. The van der Waals surface area contributed by atoms with Crippen molar-refractivity contribution in [3.63, 3.8) is 0 Å². The van der Waals surface area contributed by atoms with Gasteiger partial charge in [-0.3, -0.25) is 0 Å². The monoisotopic (exact) mass is 174 g/mol. The van der Waals surface area contributed by atoms with E-state index in [-0.39, 0.29) is 0 Å². The molecule has 1 aromatic carbocycles. The van der Waals surface area contributed by atoms with Crippen LogP contribution in [0.1, 0.15) is 12.5 Å². The van der Waals surface area contributed by atoms with Gasteiger partial charge >= 0.3 is 0 Å². The Morgan fingerprint density at radius 2 is 2.00 bits per heavy atom. The Bertz CT molecular complexity index is 300. The quantitative estimate of drug-likeness (QED) is 0.757. The molecule has 0 bridgehead atoms. The topological polar surface area (TPSA) is 35.8 Å². The fourth-order valence-corrected chi connectivity index (χ4v) is 1.19. The second kappa shape index (κ2) is 4.06. The molecule has 1 aromatic rings. The van der Waals surface area contributed by atoms with Gasteiger partial charge in [-0.15, -0.1) is 0 Å². The zero-order chi connectivity index (χ0) is 9.73. The molecule has 0 spiro atoms. The first-order chi connectivity index (χ1) is 6.20. The fraction of sp³-hybridized carbons (Fsp3) is 0.364. The molecular weight excluding hydrogens is 160 g/mol. The van der Waals surface area contributed by atoms with Crippen molar-refractivity contribution in [3.8, 4) is 6.07 Å². The van der Waals surface area contributed by atoms with Gasteiger partial charge in [0.05, 0.1) is 6.07 Å². The van der Waals surface area contributed by atoms with E-state index in [4.69, 9.17) is 5.26 Å². The van der Waals surface area contributed by atoms with Crippen LogP contribution in [-0.4, -0.2) is 12.6 Å². The highest BCUT2D eigenvalue weighted by Crippen LogP contribution is 2.11. The lowest BCUT2D eigenvalue weighted by atomic mass is 9.95. The summed E-state index contributed by atoms with van der Waals surface area (Å²) >= 11 is 0. The lowest BCUT2D eigenvalue weighted by molar-refractivity contribution is 0.489. The summed E-state index contributed by atoms with van der Waals surface area (Å²) in [5.41, 5.74) is 0.724. The highest BCUT2D eigenvalue weighted by Gasteiger charge is 2.20. The molecule has 1 unspecified atom stereocenters. The third kappa shape index (κ3) is 2.57. The summed E-state index contributed by atoms with van der Waals surface area (Å²) < 4.78 is 0. The van der Waals surface area contributed by atoms with Gasteiger partial charge in [0.25, 0.3) is 0 Å². The minimum absolute atomic E-state index is 0.457. The van der Waals surface area contributed by atoms with Crippen molar-refractivity contribution >= 4 is 0 Å². The van der Waals surface area contributed by atoms with E-state index in [0.717, 1.165) is 6.42 Å². The van der Waals surface area contributed by atoms with E-state index in [1.54, 1.807) is 0 Å². The molecule has 0 aliphatic carbocycles. The van der Waals surface area contributed by atoms with E-state index in [1.165, 1.54) is 5.56 Å². The third-order valence-corrected chi connectivity index (χ3v) is 2.20. The number of likely N-dealkylation sites (N-methyl/N-ethyl adjacent to an activating group) is 1. The van der Waals surface area contributed by atoms with Gasteiger partial charge < -0.3 is 5.32 Å². The summed E-state index contributed by atoms with van der Waals surface area (Å²) in [5, 5.41) is 11.9. The molecule has 0 heterocycles. The molecule has 0 aromatic heterocycles. The van der Waals surface area contributed by atoms with Gasteiger partial charge in [-0.2, -0.15) is 5.26 Å². The summed E-state index contributed by atoms with van der Waals surface area (Å²) in [7, 11) is 1.81. The number of nitrogens with one attached hydrogen (secondary N) is 1. The Hall–Kier alpha value is -1.33. The van der Waals surface area contributed by atoms with Gasteiger partial charge in [0.15, 0.2) is 0 Å². The zero-order valence-corrected chi connectivity index (χ0v) is 8.04. The predicted octanol–water partition coefficient (Wildman–Crippen LogP) is 1.73. The van der Waals surface area contributed by atoms with Gasteiger partial charge in [0, 0.05) is 6.42 Å². The maximum atomic E-state index is 8.93. The predicted molar refractivity (Wildman–Crippen MR) is 53.2 cm³/mol. The van der Waals surface area contributed by atoms with Crippen molar-refractivity contribution in [1.82, 2.24) is 5.32 Å². The van der Waals surface area contributed by atoms with Crippen molar-refractivity contribution in [1.29, 1.82) is 5.26 Å². The molecule has 2 heteroatoms. The second-order valence-electron chi connectivity index (χ2n) is 3.36. The first-order valence-corrected chi connectivity index (χ1v) is 4.34. The number of hydrogen-bond acceptors (Lipinski definition) is 2. The van der Waals surface area contributed by atoms with Crippen LogP contribution in [0.2, 0.25) is 0 Å². The van der Waals surface area contributed by atoms with Crippen LogP contribution in [0.3, 0.4) is 0 Å². The van der Waals surface area contributed by atoms with Crippen LogP contribution in [0.5, 0.6) is 0 Å². The van der Waals surface area contributed by atoms with Crippen molar-refractivity contribution in [2.45, 2.75) is 18.9 Å². The Balaban J connectivity index is 2.75. The Morgan fingerprint density at radius 1 is 1.38 bits per heavy atom. The molecular formula is C11H14N2. The molecule has 1 atom stereocenters. The van der Waals surface area contributed by atoms with E-state index < -0.39 is 5.54 Å². The molecule has 0 aliphatic rings. The van der Waals surface area contributed by atoms with Crippen molar-refractivity contribution in [2.24, 2.45) is 0 Å². The zero-order valence-electron chi connectivity index (χ0n) is 8.04. The van der Waals surface area contributed by atoms with Crippen molar-refractivity contribution in [2.75, 3.05) is 7.05 Å². The minimum atomic E-state index is -0.457. The molecule has 0 aliphatic heterocycles. The lowest BCUT2D eigenvalue weighted by Crippen LogP contribution is -2.40. The average Bonchev–Trinajstić information content (AvgIpc) is 2.19. The molecule has 0 saturated carbocycles. The van der Waals surface area contributed by atoms with E-state index in [2.05, 4.69) is 11.4 Å². The molecule has 2 nitrogen and oxygen atoms in total. The Labute approximate surface area is 79.2 Å². The van der Waals surface area contributed by atoms with Gasteiger partial charge in [-0.05, 0) is 19.5 Å². The number of benzene rings is 1. The Morgan fingerprint density at radius 3 is 2.46 bits per heavy atom. The smallest absolute Gasteiger partial charge is 0.107 e. The largest absolute Gasteiger partial charge is 0.302 e. The van der Waals surface area contributed by atoms with E-state index >= 15 is 0 Å². The molecule has 68 valence electrons. The maximum absolute atomic E-state index is 8.93. The number of nitrogens with zero attached hydrogens (tertiary/aromatic N) is 1. The van der Waals surface area contributed by atoms with E-state index in [9.17, 15) is 0 Å². The van der Waals surface area contributed by atoms with E-state index in [1.807, 2.05) is 44.3 Å². The van der Waals surface area contributed by atoms with Crippen LogP contribution in [0, 0.1) is 11.3 Å². The van der Waals surface area contributed by atoms with Crippen LogP contribution in [0.25, 0.3) is 0 Å². The van der Waals surface area contributed by atoms with Crippen LogP contribution in [0.15, 0.2) is 30.3 Å². The van der Waals surface area contributed by atoms with Gasteiger partial charge in [0.1, 0.15) is 5.54 Å². The van der Waals surface area contributed by atoms with Gasteiger partial charge in [-0.25, -0.2) is 0 Å². The van der Waals surface area contributed by atoms with Gasteiger partial charge in [-0.1, -0.05) is 30.3 Å². The summed E-state index contributed by atoms with van der Waals surface area (Å²) in [4.78, 5) is 0. The van der Waals surface area contributed by atoms with Crippen LogP contribution >= 0.6 is 0 Å². The fourth-order valence-electron chi connectivity index (χ4n) is 1.19. The number of rotatable bonds is 3. The second-order valence-corrected chi connectivity index (χ2v) is 3.36. The minimum Gasteiger partial charge on any atom is -0.302 e. The molecule has 0 fully saturated rings. The third-order valence-electron chi connectivity index (χ3n) is 2.20. The SMILES string of the molecule is CNC(C)(C#N)Cc1ccccc1. The lowest BCUT2D eigenvalue weighted by Gasteiger charge is -2.20. The molecule has 0 saturated heterocycles. The summed E-state index contributed by atoms with van der Waals surface area (Å²) in [6, 6.07) is 12.3. The molecule has 0 radical (unpaired) electrons. The maximum Gasteiger partial charge on any atom is 0.107 e. The summed E-state index contributed by atoms with van der Waals surface area (Å²) in [6.45, 7) is 1.90. The van der Waals surface area contributed by atoms with Crippen molar-refractivity contribution < 1.29 is 0 Å². The first-order valence-electron chi connectivity index (χ1n) is 4.34. The van der Waals surface area contributed by atoms with E-state index in [0.29, 0.717) is 0 Å².